The van der Waals surface area contributed by atoms with E-state index in [0.717, 1.165) is 28.6 Å². The highest BCUT2D eigenvalue weighted by Gasteiger charge is 2.12. The van der Waals surface area contributed by atoms with Crippen molar-refractivity contribution in [3.63, 3.8) is 0 Å². The van der Waals surface area contributed by atoms with E-state index in [4.69, 9.17) is 9.47 Å². The molecule has 4 aromatic rings. The van der Waals surface area contributed by atoms with E-state index in [1.807, 2.05) is 25.1 Å². The summed E-state index contributed by atoms with van der Waals surface area (Å²) in [5, 5.41) is 3.60. The van der Waals surface area contributed by atoms with E-state index >= 15 is 0 Å². The number of carbonyl (C=O) groups is 1. The minimum absolute atomic E-state index is 0.227. The van der Waals surface area contributed by atoms with Crippen LogP contribution in [0.25, 0.3) is 27.8 Å². The first-order valence-electron chi connectivity index (χ1n) is 10.3. The molecule has 0 aliphatic carbocycles. The van der Waals surface area contributed by atoms with Gasteiger partial charge in [-0.25, -0.2) is 4.79 Å². The second-order valence-corrected chi connectivity index (χ2v) is 7.16. The molecular weight excluding hydrogens is 374 g/mol. The number of nitrogens with one attached hydrogen (secondary N) is 1. The summed E-state index contributed by atoms with van der Waals surface area (Å²) >= 11 is 0. The summed E-state index contributed by atoms with van der Waals surface area (Å²) in [6, 6.07) is 23.2. The Hall–Kier alpha value is -3.53. The van der Waals surface area contributed by atoms with Gasteiger partial charge in [0, 0.05) is 23.0 Å². The molecule has 0 saturated carbocycles. The molecule has 0 aliphatic heterocycles. The number of aromatic nitrogens is 1. The lowest BCUT2D eigenvalue weighted by Gasteiger charge is -2.07. The fraction of sp³-hybridized carbons (Fsp3) is 0.192. The van der Waals surface area contributed by atoms with Crippen molar-refractivity contribution in [2.75, 3.05) is 13.2 Å². The molecule has 0 saturated heterocycles. The molecular formula is C26H25NO3. The molecule has 1 aromatic heterocycles. The van der Waals surface area contributed by atoms with Crippen LogP contribution in [0.1, 0.15) is 30.7 Å². The molecule has 1 heterocycles. The average molecular weight is 399 g/mol. The molecule has 0 aliphatic rings. The molecule has 0 radical (unpaired) electrons. The van der Waals surface area contributed by atoms with E-state index in [1.54, 1.807) is 13.0 Å². The molecule has 4 nitrogen and oxygen atoms in total. The van der Waals surface area contributed by atoms with Crippen molar-refractivity contribution in [1.29, 1.82) is 0 Å². The van der Waals surface area contributed by atoms with Crippen LogP contribution >= 0.6 is 0 Å². The second kappa shape index (κ2) is 8.87. The number of ether oxygens (including phenoxy) is 2. The molecule has 0 amide bonds. The number of benzene rings is 3. The fourth-order valence-corrected chi connectivity index (χ4v) is 3.63. The predicted octanol–water partition coefficient (Wildman–Crippen LogP) is 5.85. The third-order valence-corrected chi connectivity index (χ3v) is 4.98. The maximum atomic E-state index is 12.1. The molecule has 4 heteroatoms. The van der Waals surface area contributed by atoms with Crippen LogP contribution in [0.4, 0.5) is 0 Å². The third-order valence-electron chi connectivity index (χ3n) is 4.98. The minimum Gasteiger partial charge on any atom is -0.487 e. The summed E-state index contributed by atoms with van der Waals surface area (Å²) in [4.78, 5) is 15.6. The average Bonchev–Trinajstić information content (AvgIpc) is 3.15. The van der Waals surface area contributed by atoms with Crippen molar-refractivity contribution in [2.24, 2.45) is 0 Å². The number of fused-ring (bicyclic) bond motifs is 2. The lowest BCUT2D eigenvalue weighted by atomic mass is 10.0. The SMILES string of the molecule is CCOC(=O)/C(=C/c1ccc2[nH]c(Cc3ccc4ccccc4c3)cc2c1)OCC. The van der Waals surface area contributed by atoms with E-state index in [2.05, 4.69) is 53.5 Å². The third kappa shape index (κ3) is 4.38. The van der Waals surface area contributed by atoms with Crippen LogP contribution in [-0.2, 0) is 20.7 Å². The van der Waals surface area contributed by atoms with Crippen molar-refractivity contribution in [3.8, 4) is 0 Å². The summed E-state index contributed by atoms with van der Waals surface area (Å²) < 4.78 is 10.5. The van der Waals surface area contributed by atoms with E-state index in [9.17, 15) is 4.79 Å². The van der Waals surface area contributed by atoms with Crippen molar-refractivity contribution in [2.45, 2.75) is 20.3 Å². The topological polar surface area (TPSA) is 51.3 Å². The maximum absolute atomic E-state index is 12.1. The highest BCUT2D eigenvalue weighted by atomic mass is 16.6. The van der Waals surface area contributed by atoms with Crippen LogP contribution < -0.4 is 0 Å². The molecule has 3 aromatic carbocycles. The van der Waals surface area contributed by atoms with E-state index < -0.39 is 5.97 Å². The van der Waals surface area contributed by atoms with Gasteiger partial charge in [-0.05, 0) is 60.0 Å². The molecule has 1 N–H and O–H groups in total. The Morgan fingerprint density at radius 2 is 1.67 bits per heavy atom. The smallest absolute Gasteiger partial charge is 0.373 e. The molecule has 30 heavy (non-hydrogen) atoms. The molecule has 0 fully saturated rings. The predicted molar refractivity (Wildman–Crippen MR) is 121 cm³/mol. The number of aromatic amines is 1. The van der Waals surface area contributed by atoms with Crippen molar-refractivity contribution in [1.82, 2.24) is 4.98 Å². The Labute approximate surface area is 176 Å². The van der Waals surface area contributed by atoms with E-state index in [0.29, 0.717) is 13.2 Å². The van der Waals surface area contributed by atoms with Gasteiger partial charge in [-0.1, -0.05) is 48.5 Å². The summed E-state index contributed by atoms with van der Waals surface area (Å²) in [5.74, 6) is -0.212. The van der Waals surface area contributed by atoms with Crippen LogP contribution in [0.5, 0.6) is 0 Å². The first kappa shape index (κ1) is 19.8. The molecule has 0 atom stereocenters. The minimum atomic E-state index is -0.439. The van der Waals surface area contributed by atoms with Crippen LogP contribution in [0.15, 0.2) is 72.5 Å². The zero-order chi connectivity index (χ0) is 20.9. The first-order valence-corrected chi connectivity index (χ1v) is 10.3. The quantitative estimate of drug-likeness (QED) is 0.241. The summed E-state index contributed by atoms with van der Waals surface area (Å²) in [7, 11) is 0. The number of hydrogen-bond donors (Lipinski definition) is 1. The molecule has 0 spiro atoms. The monoisotopic (exact) mass is 399 g/mol. The lowest BCUT2D eigenvalue weighted by Crippen LogP contribution is -2.10. The van der Waals surface area contributed by atoms with Crippen LogP contribution in [0.3, 0.4) is 0 Å². The zero-order valence-corrected chi connectivity index (χ0v) is 17.3. The normalized spacial score (nSPS) is 11.7. The molecule has 152 valence electrons. The molecule has 0 unspecified atom stereocenters. The van der Waals surface area contributed by atoms with Gasteiger partial charge >= 0.3 is 5.97 Å². The number of carbonyl (C=O) groups excluding carboxylic acids is 1. The van der Waals surface area contributed by atoms with Crippen LogP contribution in [-0.4, -0.2) is 24.2 Å². The van der Waals surface area contributed by atoms with Gasteiger partial charge in [0.05, 0.1) is 13.2 Å². The van der Waals surface area contributed by atoms with Gasteiger partial charge in [-0.2, -0.15) is 0 Å². The van der Waals surface area contributed by atoms with Crippen LogP contribution in [0, 0.1) is 0 Å². The molecule has 0 bridgehead atoms. The van der Waals surface area contributed by atoms with Gasteiger partial charge < -0.3 is 14.5 Å². The van der Waals surface area contributed by atoms with Gasteiger partial charge in [0.1, 0.15) is 0 Å². The van der Waals surface area contributed by atoms with Gasteiger partial charge in [0.15, 0.2) is 0 Å². The maximum Gasteiger partial charge on any atom is 0.373 e. The first-order chi connectivity index (χ1) is 14.7. The Bertz CT molecular complexity index is 1220. The second-order valence-electron chi connectivity index (χ2n) is 7.16. The standard InChI is InChI=1S/C26H25NO3/c1-3-29-25(26(28)30-4-2)16-19-10-12-24-22(14-19)17-23(27-24)15-18-9-11-20-7-5-6-8-21(20)13-18/h5-14,16-17,27H,3-4,15H2,1-2H3/b25-16-. The Morgan fingerprint density at radius 1 is 0.867 bits per heavy atom. The summed E-state index contributed by atoms with van der Waals surface area (Å²) in [6.45, 7) is 4.36. The largest absolute Gasteiger partial charge is 0.487 e. The Balaban J connectivity index is 1.59. The van der Waals surface area contributed by atoms with Gasteiger partial charge in [0.2, 0.25) is 5.76 Å². The number of esters is 1. The molecule has 4 rings (SSSR count). The number of hydrogen-bond acceptors (Lipinski definition) is 3. The van der Waals surface area contributed by atoms with Crippen molar-refractivity contribution < 1.29 is 14.3 Å². The lowest BCUT2D eigenvalue weighted by molar-refractivity contribution is -0.142. The van der Waals surface area contributed by atoms with E-state index in [-0.39, 0.29) is 5.76 Å². The van der Waals surface area contributed by atoms with E-state index in [1.165, 1.54) is 16.3 Å². The number of rotatable bonds is 7. The van der Waals surface area contributed by atoms with Crippen molar-refractivity contribution >= 4 is 33.7 Å². The van der Waals surface area contributed by atoms with Gasteiger partial charge in [-0.3, -0.25) is 0 Å². The van der Waals surface area contributed by atoms with Gasteiger partial charge in [-0.15, -0.1) is 0 Å². The highest BCUT2D eigenvalue weighted by molar-refractivity contribution is 5.92. The summed E-state index contributed by atoms with van der Waals surface area (Å²) in [6.07, 6.45) is 2.56. The van der Waals surface area contributed by atoms with Gasteiger partial charge in [0.25, 0.3) is 0 Å². The Morgan fingerprint density at radius 3 is 2.47 bits per heavy atom. The van der Waals surface area contributed by atoms with Crippen molar-refractivity contribution in [3.05, 3.63) is 89.3 Å². The Kier molecular flexibility index (Phi) is 5.84. The summed E-state index contributed by atoms with van der Waals surface area (Å²) in [5.41, 5.74) is 4.38. The highest BCUT2D eigenvalue weighted by Crippen LogP contribution is 2.23. The fourth-order valence-electron chi connectivity index (χ4n) is 3.63. The zero-order valence-electron chi connectivity index (χ0n) is 17.3. The van der Waals surface area contributed by atoms with Crippen LogP contribution in [0.2, 0.25) is 0 Å². The number of H-pyrrole nitrogens is 1.